The van der Waals surface area contributed by atoms with E-state index in [4.69, 9.17) is 14.2 Å². The van der Waals surface area contributed by atoms with Crippen molar-refractivity contribution in [1.29, 1.82) is 0 Å². The summed E-state index contributed by atoms with van der Waals surface area (Å²) in [5.41, 5.74) is 1.97. The van der Waals surface area contributed by atoms with Gasteiger partial charge in [0.15, 0.2) is 5.76 Å². The molecule has 2 aliphatic rings. The molecular formula is C15H16O5. The van der Waals surface area contributed by atoms with Crippen LogP contribution in [-0.4, -0.2) is 24.0 Å². The molecule has 20 heavy (non-hydrogen) atoms. The summed E-state index contributed by atoms with van der Waals surface area (Å²) in [4.78, 5) is 11.6. The first-order valence-corrected chi connectivity index (χ1v) is 6.47. The van der Waals surface area contributed by atoms with Gasteiger partial charge in [0.2, 0.25) is 0 Å². The summed E-state index contributed by atoms with van der Waals surface area (Å²) in [6.45, 7) is 3.86. The first-order chi connectivity index (χ1) is 9.46. The summed E-state index contributed by atoms with van der Waals surface area (Å²) in [6.07, 6.45) is 1.98. The maximum atomic E-state index is 11.6. The predicted octanol–water partition coefficient (Wildman–Crippen LogP) is 2.06. The monoisotopic (exact) mass is 276 g/mol. The number of fused-ring (bicyclic) bond motifs is 1. The zero-order valence-electron chi connectivity index (χ0n) is 11.6. The molecule has 1 aromatic rings. The largest absolute Gasteiger partial charge is 0.508 e. The molecule has 0 saturated carbocycles. The molecule has 5 nitrogen and oxygen atoms in total. The molecule has 1 N–H and O–H groups in total. The van der Waals surface area contributed by atoms with Gasteiger partial charge in [-0.05, 0) is 30.5 Å². The standard InChI is InChI=1S/C15H16O5/c1-8-4-10(16)6-12-11(8)5-9(2)15(19-12)13(18-3)7-14(17)20-15/h4,6-7,9,16H,5H2,1-3H3. The summed E-state index contributed by atoms with van der Waals surface area (Å²) in [5, 5.41) is 9.71. The van der Waals surface area contributed by atoms with E-state index in [1.54, 1.807) is 6.07 Å². The molecule has 106 valence electrons. The first kappa shape index (κ1) is 12.8. The Morgan fingerprint density at radius 3 is 2.85 bits per heavy atom. The molecule has 0 radical (unpaired) electrons. The number of rotatable bonds is 1. The molecule has 3 rings (SSSR count). The van der Waals surface area contributed by atoms with Gasteiger partial charge < -0.3 is 19.3 Å². The second-order valence-electron chi connectivity index (χ2n) is 5.25. The van der Waals surface area contributed by atoms with Crippen LogP contribution >= 0.6 is 0 Å². The lowest BCUT2D eigenvalue weighted by Crippen LogP contribution is -2.49. The third-order valence-corrected chi connectivity index (χ3v) is 3.90. The molecule has 0 fully saturated rings. The fourth-order valence-corrected chi connectivity index (χ4v) is 2.88. The minimum Gasteiger partial charge on any atom is -0.508 e. The molecule has 2 aliphatic heterocycles. The topological polar surface area (TPSA) is 65.0 Å². The van der Waals surface area contributed by atoms with Gasteiger partial charge in [0.1, 0.15) is 11.5 Å². The highest BCUT2D eigenvalue weighted by molar-refractivity contribution is 5.86. The minimum absolute atomic E-state index is 0.0871. The van der Waals surface area contributed by atoms with E-state index < -0.39 is 11.8 Å². The molecule has 0 aliphatic carbocycles. The van der Waals surface area contributed by atoms with E-state index in [9.17, 15) is 9.90 Å². The third-order valence-electron chi connectivity index (χ3n) is 3.90. The Morgan fingerprint density at radius 2 is 2.15 bits per heavy atom. The Hall–Kier alpha value is -2.17. The van der Waals surface area contributed by atoms with Crippen molar-refractivity contribution in [2.45, 2.75) is 26.1 Å². The van der Waals surface area contributed by atoms with E-state index in [1.807, 2.05) is 13.8 Å². The van der Waals surface area contributed by atoms with Crippen molar-refractivity contribution in [1.82, 2.24) is 0 Å². The molecule has 2 unspecified atom stereocenters. The number of hydrogen-bond donors (Lipinski definition) is 1. The quantitative estimate of drug-likeness (QED) is 0.795. The molecule has 1 aromatic carbocycles. The van der Waals surface area contributed by atoms with Crippen LogP contribution in [0.15, 0.2) is 24.0 Å². The number of esters is 1. The van der Waals surface area contributed by atoms with Crippen molar-refractivity contribution < 1.29 is 24.1 Å². The Labute approximate surface area is 116 Å². The van der Waals surface area contributed by atoms with Gasteiger partial charge in [-0.15, -0.1) is 0 Å². The van der Waals surface area contributed by atoms with Crippen molar-refractivity contribution in [2.75, 3.05) is 7.11 Å². The number of phenols is 1. The number of benzene rings is 1. The van der Waals surface area contributed by atoms with Crippen LogP contribution in [0.4, 0.5) is 0 Å². The number of aryl methyl sites for hydroxylation is 1. The highest BCUT2D eigenvalue weighted by atomic mass is 16.7. The van der Waals surface area contributed by atoms with Crippen LogP contribution in [0.5, 0.6) is 11.5 Å². The van der Waals surface area contributed by atoms with Gasteiger partial charge in [-0.25, -0.2) is 4.79 Å². The van der Waals surface area contributed by atoms with E-state index in [1.165, 1.54) is 19.3 Å². The Morgan fingerprint density at radius 1 is 1.40 bits per heavy atom. The smallest absolute Gasteiger partial charge is 0.338 e. The van der Waals surface area contributed by atoms with Gasteiger partial charge in [0.25, 0.3) is 0 Å². The van der Waals surface area contributed by atoms with Gasteiger partial charge in [-0.3, -0.25) is 0 Å². The molecule has 0 bridgehead atoms. The highest BCUT2D eigenvalue weighted by Gasteiger charge is 2.54. The van der Waals surface area contributed by atoms with Crippen LogP contribution in [0.2, 0.25) is 0 Å². The summed E-state index contributed by atoms with van der Waals surface area (Å²) in [6, 6.07) is 3.23. The maximum absolute atomic E-state index is 11.6. The van der Waals surface area contributed by atoms with Crippen LogP contribution in [0.25, 0.3) is 0 Å². The van der Waals surface area contributed by atoms with Gasteiger partial charge in [-0.1, -0.05) is 6.92 Å². The van der Waals surface area contributed by atoms with Crippen LogP contribution in [0.1, 0.15) is 18.1 Å². The van der Waals surface area contributed by atoms with Crippen LogP contribution in [-0.2, 0) is 20.7 Å². The fourth-order valence-electron chi connectivity index (χ4n) is 2.88. The zero-order chi connectivity index (χ0) is 14.5. The second-order valence-corrected chi connectivity index (χ2v) is 5.25. The number of phenolic OH excluding ortho intramolecular Hbond substituents is 1. The Kier molecular flexibility index (Phi) is 2.67. The van der Waals surface area contributed by atoms with Crippen molar-refractivity contribution >= 4 is 5.97 Å². The van der Waals surface area contributed by atoms with Gasteiger partial charge in [-0.2, -0.15) is 0 Å². The Balaban J connectivity index is 2.09. The van der Waals surface area contributed by atoms with Crippen molar-refractivity contribution in [3.63, 3.8) is 0 Å². The third kappa shape index (κ3) is 1.66. The number of hydrogen-bond acceptors (Lipinski definition) is 5. The Bertz CT molecular complexity index is 619. The molecular weight excluding hydrogens is 260 g/mol. The molecule has 0 aromatic heterocycles. The lowest BCUT2D eigenvalue weighted by Gasteiger charge is -2.40. The second kappa shape index (κ2) is 4.16. The summed E-state index contributed by atoms with van der Waals surface area (Å²) >= 11 is 0. The predicted molar refractivity (Wildman–Crippen MR) is 70.3 cm³/mol. The SMILES string of the molecule is COC1=CC(=O)OC12Oc1cc(O)cc(C)c1CC2C. The number of methoxy groups -OCH3 is 1. The summed E-state index contributed by atoms with van der Waals surface area (Å²) < 4.78 is 16.6. The molecule has 2 atom stereocenters. The van der Waals surface area contributed by atoms with Gasteiger partial charge in [0.05, 0.1) is 13.2 Å². The van der Waals surface area contributed by atoms with E-state index in [2.05, 4.69) is 0 Å². The highest BCUT2D eigenvalue weighted by Crippen LogP contribution is 2.46. The van der Waals surface area contributed by atoms with E-state index >= 15 is 0 Å². The molecule has 0 amide bonds. The summed E-state index contributed by atoms with van der Waals surface area (Å²) in [7, 11) is 1.48. The summed E-state index contributed by atoms with van der Waals surface area (Å²) in [5.74, 6) is -0.776. The van der Waals surface area contributed by atoms with Crippen LogP contribution in [0, 0.1) is 12.8 Å². The van der Waals surface area contributed by atoms with Gasteiger partial charge in [0, 0.05) is 12.0 Å². The van der Waals surface area contributed by atoms with Crippen molar-refractivity contribution in [2.24, 2.45) is 5.92 Å². The molecule has 5 heteroatoms. The van der Waals surface area contributed by atoms with Crippen LogP contribution < -0.4 is 4.74 Å². The van der Waals surface area contributed by atoms with E-state index in [0.29, 0.717) is 17.9 Å². The fraction of sp³-hybridized carbons (Fsp3) is 0.400. The van der Waals surface area contributed by atoms with Crippen LogP contribution in [0.3, 0.4) is 0 Å². The number of carbonyl (C=O) groups is 1. The lowest BCUT2D eigenvalue weighted by molar-refractivity contribution is -0.201. The van der Waals surface area contributed by atoms with E-state index in [-0.39, 0.29) is 11.7 Å². The molecule has 0 saturated heterocycles. The van der Waals surface area contributed by atoms with Crippen molar-refractivity contribution in [3.8, 4) is 11.5 Å². The first-order valence-electron chi connectivity index (χ1n) is 6.47. The minimum atomic E-state index is -1.22. The zero-order valence-corrected chi connectivity index (χ0v) is 11.6. The van der Waals surface area contributed by atoms with E-state index in [0.717, 1.165) is 11.1 Å². The number of ether oxygens (including phenoxy) is 3. The average molecular weight is 276 g/mol. The average Bonchev–Trinajstić information content (AvgIpc) is 2.69. The van der Waals surface area contributed by atoms with Crippen molar-refractivity contribution in [3.05, 3.63) is 35.1 Å². The number of carbonyl (C=O) groups excluding carboxylic acids is 1. The number of aromatic hydroxyl groups is 1. The maximum Gasteiger partial charge on any atom is 0.338 e. The lowest BCUT2D eigenvalue weighted by atomic mass is 9.86. The normalized spacial score (nSPS) is 27.6. The van der Waals surface area contributed by atoms with Gasteiger partial charge >= 0.3 is 11.8 Å². The molecule has 2 heterocycles. The molecule has 1 spiro atoms.